The van der Waals surface area contributed by atoms with Crippen LogP contribution in [0.15, 0.2) is 54.6 Å². The van der Waals surface area contributed by atoms with Crippen molar-refractivity contribution in [3.63, 3.8) is 0 Å². The number of nitrogens with two attached hydrogens (primary N) is 1. The predicted octanol–water partition coefficient (Wildman–Crippen LogP) is 4.34. The second-order valence-corrected chi connectivity index (χ2v) is 9.85. The summed E-state index contributed by atoms with van der Waals surface area (Å²) in [6.07, 6.45) is 5.62. The first kappa shape index (κ1) is 23.8. The molecule has 176 valence electrons. The van der Waals surface area contributed by atoms with Crippen LogP contribution in [0.25, 0.3) is 0 Å². The smallest absolute Gasteiger partial charge is 0.223 e. The van der Waals surface area contributed by atoms with Crippen LogP contribution >= 0.6 is 11.6 Å². The molecule has 2 amide bonds. The van der Waals surface area contributed by atoms with Crippen LogP contribution < -0.4 is 11.1 Å². The van der Waals surface area contributed by atoms with E-state index in [1.807, 2.05) is 47.4 Å². The maximum absolute atomic E-state index is 13.7. The molecular formula is C27H34ClN3O2. The van der Waals surface area contributed by atoms with E-state index in [4.69, 9.17) is 17.3 Å². The van der Waals surface area contributed by atoms with E-state index in [0.29, 0.717) is 18.1 Å². The third kappa shape index (κ3) is 5.77. The Morgan fingerprint density at radius 3 is 2.33 bits per heavy atom. The zero-order valence-corrected chi connectivity index (χ0v) is 19.8. The monoisotopic (exact) mass is 467 g/mol. The molecular weight excluding hydrogens is 434 g/mol. The van der Waals surface area contributed by atoms with E-state index in [1.54, 1.807) is 0 Å². The molecule has 5 nitrogen and oxygen atoms in total. The number of rotatable bonds is 7. The van der Waals surface area contributed by atoms with Gasteiger partial charge >= 0.3 is 0 Å². The molecule has 3 N–H and O–H groups in total. The first-order valence-corrected chi connectivity index (χ1v) is 12.5. The van der Waals surface area contributed by atoms with E-state index in [1.165, 1.54) is 6.42 Å². The molecule has 2 fully saturated rings. The topological polar surface area (TPSA) is 75.4 Å². The fourth-order valence-electron chi connectivity index (χ4n) is 5.64. The highest BCUT2D eigenvalue weighted by molar-refractivity contribution is 6.30. The van der Waals surface area contributed by atoms with E-state index >= 15 is 0 Å². The molecule has 3 atom stereocenters. The first-order valence-electron chi connectivity index (χ1n) is 12.1. The van der Waals surface area contributed by atoms with Crippen molar-refractivity contribution in [1.82, 2.24) is 10.2 Å². The van der Waals surface area contributed by atoms with Gasteiger partial charge in [0, 0.05) is 42.9 Å². The van der Waals surface area contributed by atoms with Gasteiger partial charge in [-0.3, -0.25) is 9.59 Å². The minimum Gasteiger partial charge on any atom is -0.369 e. The zero-order valence-electron chi connectivity index (χ0n) is 19.1. The third-order valence-electron chi connectivity index (χ3n) is 7.36. The number of piperazine rings is 1. The van der Waals surface area contributed by atoms with Crippen molar-refractivity contribution in [3.8, 4) is 0 Å². The van der Waals surface area contributed by atoms with Crippen LogP contribution in [0.2, 0.25) is 5.02 Å². The molecule has 2 aliphatic rings. The second-order valence-electron chi connectivity index (χ2n) is 9.41. The Morgan fingerprint density at radius 2 is 1.67 bits per heavy atom. The Morgan fingerprint density at radius 1 is 1.00 bits per heavy atom. The van der Waals surface area contributed by atoms with Crippen molar-refractivity contribution in [3.05, 3.63) is 70.7 Å². The highest BCUT2D eigenvalue weighted by atomic mass is 35.5. The van der Waals surface area contributed by atoms with Gasteiger partial charge in [-0.1, -0.05) is 73.3 Å². The van der Waals surface area contributed by atoms with E-state index in [0.717, 1.165) is 43.4 Å². The summed E-state index contributed by atoms with van der Waals surface area (Å²) >= 11 is 6.17. The van der Waals surface area contributed by atoms with Gasteiger partial charge in [0.25, 0.3) is 0 Å². The molecule has 3 unspecified atom stereocenters. The third-order valence-corrected chi connectivity index (χ3v) is 7.61. The van der Waals surface area contributed by atoms with Gasteiger partial charge < -0.3 is 16.0 Å². The lowest BCUT2D eigenvalue weighted by Gasteiger charge is -2.42. The van der Waals surface area contributed by atoms with Gasteiger partial charge in [-0.25, -0.2) is 0 Å². The average molecular weight is 468 g/mol. The number of halogens is 1. The van der Waals surface area contributed by atoms with Gasteiger partial charge in [-0.05, 0) is 42.0 Å². The van der Waals surface area contributed by atoms with Crippen LogP contribution in [0.1, 0.15) is 55.6 Å². The van der Waals surface area contributed by atoms with Crippen molar-refractivity contribution in [2.45, 2.75) is 50.5 Å². The maximum Gasteiger partial charge on any atom is 0.223 e. The highest BCUT2D eigenvalue weighted by Gasteiger charge is 2.37. The molecule has 0 bridgehead atoms. The summed E-state index contributed by atoms with van der Waals surface area (Å²) in [6, 6.07) is 18.1. The lowest BCUT2D eigenvalue weighted by molar-refractivity contribution is -0.139. The largest absolute Gasteiger partial charge is 0.369 e. The molecule has 33 heavy (non-hydrogen) atoms. The second kappa shape index (κ2) is 11.2. The Balaban J connectivity index is 1.61. The summed E-state index contributed by atoms with van der Waals surface area (Å²) in [4.78, 5) is 28.0. The fourth-order valence-corrected chi connectivity index (χ4v) is 5.77. The van der Waals surface area contributed by atoms with Gasteiger partial charge in [-0.15, -0.1) is 0 Å². The minimum atomic E-state index is -0.376. The van der Waals surface area contributed by atoms with E-state index in [2.05, 4.69) is 17.4 Å². The van der Waals surface area contributed by atoms with Gasteiger partial charge in [-0.2, -0.15) is 0 Å². The summed E-state index contributed by atoms with van der Waals surface area (Å²) in [5.74, 6) is -0.450. The van der Waals surface area contributed by atoms with Crippen molar-refractivity contribution < 1.29 is 9.59 Å². The van der Waals surface area contributed by atoms with Crippen LogP contribution in [0, 0.1) is 11.8 Å². The molecule has 1 aliphatic carbocycles. The summed E-state index contributed by atoms with van der Waals surface area (Å²) in [5, 5.41) is 4.17. The van der Waals surface area contributed by atoms with Gasteiger partial charge in [0.15, 0.2) is 0 Å². The molecule has 0 aromatic heterocycles. The van der Waals surface area contributed by atoms with Crippen molar-refractivity contribution in [1.29, 1.82) is 0 Å². The quantitative estimate of drug-likeness (QED) is 0.635. The minimum absolute atomic E-state index is 0.00178. The number of carbonyl (C=O) groups is 2. The standard InChI is InChI=1S/C27H34ClN3O2/c28-22-13-11-21(12-14-22)26(20-9-5-2-6-10-20)24-18-30-15-16-31(24)25(32)17-23(27(29)33)19-7-3-1-4-8-19/h2,5-6,9-14,19,23-24,26,30H,1,3-4,7-8,15-18H2,(H2,29,33). The lowest BCUT2D eigenvalue weighted by Crippen LogP contribution is -2.56. The van der Waals surface area contributed by atoms with Crippen LogP contribution in [0.3, 0.4) is 0 Å². The van der Waals surface area contributed by atoms with Crippen LogP contribution in [0.5, 0.6) is 0 Å². The number of benzene rings is 2. The number of nitrogens with one attached hydrogen (secondary N) is 1. The molecule has 0 radical (unpaired) electrons. The predicted molar refractivity (Wildman–Crippen MR) is 132 cm³/mol. The molecule has 2 aromatic carbocycles. The van der Waals surface area contributed by atoms with Crippen LogP contribution in [0.4, 0.5) is 0 Å². The Hall–Kier alpha value is -2.37. The molecule has 2 aromatic rings. The summed E-state index contributed by atoms with van der Waals surface area (Å²) < 4.78 is 0. The van der Waals surface area contributed by atoms with Crippen molar-refractivity contribution in [2.24, 2.45) is 17.6 Å². The van der Waals surface area contributed by atoms with Crippen LogP contribution in [-0.4, -0.2) is 42.4 Å². The van der Waals surface area contributed by atoms with E-state index in [-0.39, 0.29) is 42.0 Å². The molecule has 1 saturated heterocycles. The summed E-state index contributed by atoms with van der Waals surface area (Å²) in [6.45, 7) is 2.06. The molecule has 1 saturated carbocycles. The number of amides is 2. The summed E-state index contributed by atoms with van der Waals surface area (Å²) in [7, 11) is 0. The molecule has 1 heterocycles. The number of nitrogens with zero attached hydrogens (tertiary/aromatic N) is 1. The Labute approximate surface area is 201 Å². The highest BCUT2D eigenvalue weighted by Crippen LogP contribution is 2.35. The lowest BCUT2D eigenvalue weighted by atomic mass is 9.77. The Kier molecular flexibility index (Phi) is 8.05. The first-order chi connectivity index (χ1) is 16.0. The van der Waals surface area contributed by atoms with Crippen LogP contribution in [-0.2, 0) is 9.59 Å². The number of carbonyl (C=O) groups excluding carboxylic acids is 2. The van der Waals surface area contributed by atoms with E-state index < -0.39 is 0 Å². The molecule has 1 aliphatic heterocycles. The molecule has 6 heteroatoms. The van der Waals surface area contributed by atoms with Gasteiger partial charge in [0.05, 0.1) is 6.04 Å². The number of primary amides is 1. The fraction of sp³-hybridized carbons (Fsp3) is 0.481. The number of hydrogen-bond acceptors (Lipinski definition) is 3. The zero-order chi connectivity index (χ0) is 23.2. The molecule has 4 rings (SSSR count). The number of hydrogen-bond donors (Lipinski definition) is 2. The van der Waals surface area contributed by atoms with Gasteiger partial charge in [0.2, 0.25) is 11.8 Å². The SMILES string of the molecule is NC(=O)C(CC(=O)N1CCNCC1C(c1ccccc1)c1ccc(Cl)cc1)C1CCCCC1. The van der Waals surface area contributed by atoms with Crippen molar-refractivity contribution in [2.75, 3.05) is 19.6 Å². The Bertz CT molecular complexity index is 928. The normalized spacial score (nSPS) is 21.4. The van der Waals surface area contributed by atoms with Crippen molar-refractivity contribution >= 4 is 23.4 Å². The summed E-state index contributed by atoms with van der Waals surface area (Å²) in [5.41, 5.74) is 8.08. The molecule has 0 spiro atoms. The maximum atomic E-state index is 13.7. The van der Waals surface area contributed by atoms with E-state index in [9.17, 15) is 9.59 Å². The average Bonchev–Trinajstić information content (AvgIpc) is 2.85. The van der Waals surface area contributed by atoms with Gasteiger partial charge in [0.1, 0.15) is 0 Å².